The summed E-state index contributed by atoms with van der Waals surface area (Å²) < 4.78 is 26.0. The van der Waals surface area contributed by atoms with Crippen LogP contribution in [-0.2, 0) is 4.79 Å². The third-order valence-corrected chi connectivity index (χ3v) is 3.51. The zero-order chi connectivity index (χ0) is 14.6. The molecule has 0 fully saturated rings. The minimum Gasteiger partial charge on any atom is -0.348 e. The molecular weight excluding hydrogens is 250 g/mol. The van der Waals surface area contributed by atoms with Gasteiger partial charge in [0.05, 0.1) is 11.6 Å². The molecule has 1 aromatic carbocycles. The van der Waals surface area contributed by atoms with E-state index in [4.69, 9.17) is 5.73 Å². The number of halogens is 2. The van der Waals surface area contributed by atoms with Crippen LogP contribution in [0.5, 0.6) is 0 Å². The second-order valence-electron chi connectivity index (χ2n) is 4.73. The van der Waals surface area contributed by atoms with Gasteiger partial charge in [-0.2, -0.15) is 0 Å². The summed E-state index contributed by atoms with van der Waals surface area (Å²) >= 11 is 0. The molecule has 0 bridgehead atoms. The summed E-state index contributed by atoms with van der Waals surface area (Å²) in [4.78, 5) is 12.1. The molecule has 1 rings (SSSR count). The zero-order valence-corrected chi connectivity index (χ0v) is 11.5. The molecule has 0 aliphatic heterocycles. The van der Waals surface area contributed by atoms with E-state index in [0.29, 0.717) is 18.4 Å². The van der Waals surface area contributed by atoms with Crippen molar-refractivity contribution in [3.8, 4) is 0 Å². The van der Waals surface area contributed by atoms with Crippen LogP contribution in [0.2, 0.25) is 0 Å². The van der Waals surface area contributed by atoms with Crippen molar-refractivity contribution < 1.29 is 13.6 Å². The topological polar surface area (TPSA) is 55.1 Å². The molecule has 106 valence electrons. The Morgan fingerprint density at radius 2 is 1.89 bits per heavy atom. The Labute approximate surface area is 112 Å². The molecule has 1 unspecified atom stereocenters. The SMILES string of the molecule is CCC(N)(CC)C(=O)NC(C)c1ccc(F)c(F)c1. The first kappa shape index (κ1) is 15.6. The van der Waals surface area contributed by atoms with Gasteiger partial charge in [0.1, 0.15) is 0 Å². The molecule has 0 radical (unpaired) electrons. The quantitative estimate of drug-likeness (QED) is 0.864. The van der Waals surface area contributed by atoms with Gasteiger partial charge in [-0.25, -0.2) is 8.78 Å². The van der Waals surface area contributed by atoms with Crippen LogP contribution >= 0.6 is 0 Å². The highest BCUT2D eigenvalue weighted by molar-refractivity contribution is 5.86. The fourth-order valence-electron chi connectivity index (χ4n) is 1.78. The van der Waals surface area contributed by atoms with Crippen molar-refractivity contribution in [3.05, 3.63) is 35.4 Å². The second kappa shape index (κ2) is 6.10. The van der Waals surface area contributed by atoms with E-state index in [9.17, 15) is 13.6 Å². The van der Waals surface area contributed by atoms with Crippen LogP contribution in [-0.4, -0.2) is 11.4 Å². The van der Waals surface area contributed by atoms with Crippen LogP contribution in [0.3, 0.4) is 0 Å². The largest absolute Gasteiger partial charge is 0.348 e. The van der Waals surface area contributed by atoms with E-state index in [2.05, 4.69) is 5.32 Å². The minimum absolute atomic E-state index is 0.283. The summed E-state index contributed by atoms with van der Waals surface area (Å²) in [7, 11) is 0. The zero-order valence-electron chi connectivity index (χ0n) is 11.5. The lowest BCUT2D eigenvalue weighted by atomic mass is 9.92. The Hall–Kier alpha value is -1.49. The van der Waals surface area contributed by atoms with E-state index in [1.165, 1.54) is 6.07 Å². The number of carbonyl (C=O) groups excluding carboxylic acids is 1. The van der Waals surface area contributed by atoms with Gasteiger partial charge in [-0.15, -0.1) is 0 Å². The molecule has 0 saturated heterocycles. The summed E-state index contributed by atoms with van der Waals surface area (Å²) in [6, 6.07) is 3.14. The van der Waals surface area contributed by atoms with Crippen LogP contribution in [0.4, 0.5) is 8.78 Å². The summed E-state index contributed by atoms with van der Waals surface area (Å²) in [5, 5.41) is 2.73. The molecule has 19 heavy (non-hydrogen) atoms. The first-order chi connectivity index (χ1) is 8.84. The summed E-state index contributed by atoms with van der Waals surface area (Å²) in [6.07, 6.45) is 1.03. The van der Waals surface area contributed by atoms with Crippen LogP contribution in [0.15, 0.2) is 18.2 Å². The van der Waals surface area contributed by atoms with Crippen molar-refractivity contribution in [2.24, 2.45) is 5.73 Å². The molecule has 0 spiro atoms. The third-order valence-electron chi connectivity index (χ3n) is 3.51. The van der Waals surface area contributed by atoms with Gasteiger partial charge >= 0.3 is 0 Å². The smallest absolute Gasteiger partial charge is 0.240 e. The van der Waals surface area contributed by atoms with Crippen LogP contribution in [0.1, 0.15) is 45.2 Å². The van der Waals surface area contributed by atoms with E-state index in [-0.39, 0.29) is 5.91 Å². The predicted molar refractivity (Wildman–Crippen MR) is 70.4 cm³/mol. The van der Waals surface area contributed by atoms with E-state index < -0.39 is 23.2 Å². The van der Waals surface area contributed by atoms with Gasteiger partial charge in [-0.3, -0.25) is 4.79 Å². The van der Waals surface area contributed by atoms with Crippen molar-refractivity contribution in [1.29, 1.82) is 0 Å². The number of carbonyl (C=O) groups is 1. The average Bonchev–Trinajstić information content (AvgIpc) is 2.40. The maximum Gasteiger partial charge on any atom is 0.240 e. The molecule has 5 heteroatoms. The molecule has 0 heterocycles. The normalized spacial score (nSPS) is 13.2. The number of benzene rings is 1. The Morgan fingerprint density at radius 3 is 2.37 bits per heavy atom. The number of rotatable bonds is 5. The van der Waals surface area contributed by atoms with Crippen molar-refractivity contribution in [3.63, 3.8) is 0 Å². The second-order valence-corrected chi connectivity index (χ2v) is 4.73. The predicted octanol–water partition coefficient (Wildman–Crippen LogP) is 2.66. The van der Waals surface area contributed by atoms with Gasteiger partial charge in [-0.1, -0.05) is 19.9 Å². The highest BCUT2D eigenvalue weighted by atomic mass is 19.2. The van der Waals surface area contributed by atoms with E-state index in [0.717, 1.165) is 12.1 Å². The fourth-order valence-corrected chi connectivity index (χ4v) is 1.78. The van der Waals surface area contributed by atoms with Gasteiger partial charge in [0.15, 0.2) is 11.6 Å². The van der Waals surface area contributed by atoms with Gasteiger partial charge in [0, 0.05) is 0 Å². The van der Waals surface area contributed by atoms with Gasteiger partial charge in [-0.05, 0) is 37.5 Å². The average molecular weight is 270 g/mol. The molecule has 0 aromatic heterocycles. The highest BCUT2D eigenvalue weighted by Gasteiger charge is 2.30. The van der Waals surface area contributed by atoms with Gasteiger partial charge < -0.3 is 11.1 Å². The van der Waals surface area contributed by atoms with Crippen molar-refractivity contribution in [2.75, 3.05) is 0 Å². The highest BCUT2D eigenvalue weighted by Crippen LogP contribution is 2.18. The number of hydrogen-bond acceptors (Lipinski definition) is 2. The molecule has 1 aromatic rings. The molecule has 1 amide bonds. The molecular formula is C14H20F2N2O. The maximum absolute atomic E-state index is 13.1. The molecule has 3 N–H and O–H groups in total. The Bertz CT molecular complexity index is 459. The number of hydrogen-bond donors (Lipinski definition) is 2. The van der Waals surface area contributed by atoms with Crippen LogP contribution < -0.4 is 11.1 Å². The molecule has 0 aliphatic rings. The molecule has 3 nitrogen and oxygen atoms in total. The van der Waals surface area contributed by atoms with Crippen LogP contribution in [0.25, 0.3) is 0 Å². The lowest BCUT2D eigenvalue weighted by Gasteiger charge is -2.27. The van der Waals surface area contributed by atoms with E-state index in [1.807, 2.05) is 13.8 Å². The third kappa shape index (κ3) is 3.50. The molecule has 0 aliphatic carbocycles. The Morgan fingerprint density at radius 1 is 1.32 bits per heavy atom. The summed E-state index contributed by atoms with van der Waals surface area (Å²) in [5.41, 5.74) is 5.55. The first-order valence-corrected chi connectivity index (χ1v) is 6.38. The number of nitrogens with two attached hydrogens (primary N) is 1. The Balaban J connectivity index is 2.82. The van der Waals surface area contributed by atoms with Gasteiger partial charge in [0.2, 0.25) is 5.91 Å². The van der Waals surface area contributed by atoms with E-state index in [1.54, 1.807) is 6.92 Å². The number of amides is 1. The number of nitrogens with one attached hydrogen (secondary N) is 1. The lowest BCUT2D eigenvalue weighted by Crippen LogP contribution is -2.53. The first-order valence-electron chi connectivity index (χ1n) is 6.38. The summed E-state index contributed by atoms with van der Waals surface area (Å²) in [6.45, 7) is 5.38. The van der Waals surface area contributed by atoms with Crippen molar-refractivity contribution >= 4 is 5.91 Å². The summed E-state index contributed by atoms with van der Waals surface area (Å²) in [5.74, 6) is -2.11. The van der Waals surface area contributed by atoms with E-state index >= 15 is 0 Å². The van der Waals surface area contributed by atoms with Crippen molar-refractivity contribution in [1.82, 2.24) is 5.32 Å². The Kier molecular flexibility index (Phi) is 5.00. The minimum atomic E-state index is -0.927. The standard InChI is InChI=1S/C14H20F2N2O/c1-4-14(17,5-2)13(19)18-9(3)10-6-7-11(15)12(16)8-10/h6-9H,4-5,17H2,1-3H3,(H,18,19). The van der Waals surface area contributed by atoms with Crippen molar-refractivity contribution in [2.45, 2.75) is 45.2 Å². The maximum atomic E-state index is 13.1. The monoisotopic (exact) mass is 270 g/mol. The van der Waals surface area contributed by atoms with Gasteiger partial charge in [0.25, 0.3) is 0 Å². The van der Waals surface area contributed by atoms with Crippen LogP contribution in [0, 0.1) is 11.6 Å². The lowest BCUT2D eigenvalue weighted by molar-refractivity contribution is -0.127. The fraction of sp³-hybridized carbons (Fsp3) is 0.500. The molecule has 1 atom stereocenters. The molecule has 0 saturated carbocycles.